The highest BCUT2D eigenvalue weighted by atomic mass is 32.1. The Kier molecular flexibility index (Phi) is 5.16. The minimum atomic E-state index is -4.58. The van der Waals surface area contributed by atoms with Gasteiger partial charge in [-0.05, 0) is 36.1 Å². The van der Waals surface area contributed by atoms with Gasteiger partial charge in [-0.2, -0.15) is 13.2 Å². The van der Waals surface area contributed by atoms with Crippen molar-refractivity contribution in [3.8, 4) is 0 Å². The first-order valence-corrected chi connectivity index (χ1v) is 9.10. The van der Waals surface area contributed by atoms with E-state index in [0.29, 0.717) is 4.90 Å². The summed E-state index contributed by atoms with van der Waals surface area (Å²) in [6.45, 7) is 1.04. The Hall–Kier alpha value is -2.88. The number of rotatable bonds is 5. The van der Waals surface area contributed by atoms with Crippen molar-refractivity contribution in [2.45, 2.75) is 25.2 Å². The lowest BCUT2D eigenvalue weighted by Crippen LogP contribution is -2.43. The van der Waals surface area contributed by atoms with Gasteiger partial charge in [0.25, 0.3) is 5.91 Å². The number of benzene rings is 1. The van der Waals surface area contributed by atoms with Crippen LogP contribution in [0.1, 0.15) is 22.9 Å². The van der Waals surface area contributed by atoms with Gasteiger partial charge in [-0.3, -0.25) is 14.5 Å². The first-order valence-electron chi connectivity index (χ1n) is 8.22. The first-order chi connectivity index (χ1) is 13.1. The zero-order chi connectivity index (χ0) is 20.5. The zero-order valence-electron chi connectivity index (χ0n) is 14.7. The zero-order valence-corrected chi connectivity index (χ0v) is 15.5. The maximum Gasteiger partial charge on any atom is 0.416 e. The van der Waals surface area contributed by atoms with Gasteiger partial charge in [0.15, 0.2) is 0 Å². The van der Waals surface area contributed by atoms with Gasteiger partial charge < -0.3 is 10.6 Å². The molecule has 0 aliphatic carbocycles. The van der Waals surface area contributed by atoms with Crippen LogP contribution in [-0.4, -0.2) is 29.3 Å². The number of alkyl halides is 3. The van der Waals surface area contributed by atoms with Crippen LogP contribution in [0, 0.1) is 0 Å². The number of carbonyl (C=O) groups excluding carboxylic acids is 3. The molecule has 0 radical (unpaired) electrons. The average molecular weight is 411 g/mol. The number of hydrogen-bond donors (Lipinski definition) is 2. The van der Waals surface area contributed by atoms with Gasteiger partial charge >= 0.3 is 12.2 Å². The van der Waals surface area contributed by atoms with E-state index in [-0.39, 0.29) is 12.1 Å². The van der Waals surface area contributed by atoms with Crippen LogP contribution in [0.15, 0.2) is 41.8 Å². The van der Waals surface area contributed by atoms with Crippen molar-refractivity contribution < 1.29 is 27.6 Å². The molecule has 1 saturated heterocycles. The van der Waals surface area contributed by atoms with Crippen molar-refractivity contribution in [3.05, 3.63) is 57.8 Å². The minimum absolute atomic E-state index is 0.0119. The molecule has 0 spiro atoms. The van der Waals surface area contributed by atoms with Crippen molar-refractivity contribution in [1.82, 2.24) is 15.5 Å². The fourth-order valence-electron chi connectivity index (χ4n) is 2.84. The normalized spacial score (nSPS) is 19.6. The molecular weight excluding hydrogens is 395 g/mol. The van der Waals surface area contributed by atoms with Crippen LogP contribution in [0.4, 0.5) is 18.0 Å². The lowest BCUT2D eigenvalue weighted by Gasteiger charge is -2.23. The van der Waals surface area contributed by atoms with Crippen molar-refractivity contribution in [2.24, 2.45) is 0 Å². The van der Waals surface area contributed by atoms with Gasteiger partial charge in [-0.25, -0.2) is 4.79 Å². The van der Waals surface area contributed by atoms with Crippen LogP contribution in [0.2, 0.25) is 0 Å². The lowest BCUT2D eigenvalue weighted by atomic mass is 9.90. The van der Waals surface area contributed by atoms with Crippen molar-refractivity contribution >= 4 is 29.2 Å². The molecule has 0 saturated carbocycles. The quantitative estimate of drug-likeness (QED) is 0.743. The molecule has 6 nitrogen and oxygen atoms in total. The lowest BCUT2D eigenvalue weighted by molar-refractivity contribution is -0.138. The van der Waals surface area contributed by atoms with Gasteiger partial charge in [0.05, 0.1) is 12.1 Å². The fourth-order valence-corrected chi connectivity index (χ4v) is 3.49. The second-order valence-corrected chi connectivity index (χ2v) is 7.41. The predicted octanol–water partition coefficient (Wildman–Crippen LogP) is 2.85. The van der Waals surface area contributed by atoms with E-state index in [1.54, 1.807) is 0 Å². The number of thiophene rings is 1. The van der Waals surface area contributed by atoms with Crippen LogP contribution in [0.3, 0.4) is 0 Å². The number of halogens is 3. The first kappa shape index (κ1) is 19.9. The summed E-state index contributed by atoms with van der Waals surface area (Å²) < 4.78 is 38.9. The number of urea groups is 1. The highest BCUT2D eigenvalue weighted by molar-refractivity contribution is 7.09. The van der Waals surface area contributed by atoms with Crippen LogP contribution in [0.25, 0.3) is 0 Å². The van der Waals surface area contributed by atoms with E-state index in [1.807, 2.05) is 17.5 Å². The van der Waals surface area contributed by atoms with E-state index < -0.39 is 41.7 Å². The van der Waals surface area contributed by atoms with E-state index >= 15 is 0 Å². The molecule has 2 N–H and O–H groups in total. The molecule has 2 heterocycles. The Labute approximate surface area is 162 Å². The molecule has 148 valence electrons. The molecule has 1 aromatic heterocycles. The van der Waals surface area contributed by atoms with E-state index in [1.165, 1.54) is 30.4 Å². The van der Waals surface area contributed by atoms with Gasteiger partial charge in [0.2, 0.25) is 5.91 Å². The van der Waals surface area contributed by atoms with Gasteiger partial charge in [0, 0.05) is 4.88 Å². The summed E-state index contributed by atoms with van der Waals surface area (Å²) in [4.78, 5) is 38.7. The number of carbonyl (C=O) groups is 3. The number of nitrogens with one attached hydrogen (secondary N) is 2. The third-order valence-corrected chi connectivity index (χ3v) is 5.26. The summed E-state index contributed by atoms with van der Waals surface area (Å²) in [5, 5.41) is 6.84. The molecule has 0 bridgehead atoms. The van der Waals surface area contributed by atoms with Crippen LogP contribution >= 0.6 is 11.3 Å². The minimum Gasteiger partial charge on any atom is -0.350 e. The molecule has 1 fully saturated rings. The summed E-state index contributed by atoms with van der Waals surface area (Å²) in [5.41, 5.74) is -2.63. The Bertz CT molecular complexity index is 914. The maximum absolute atomic E-state index is 13.0. The Balaban J connectivity index is 1.74. The summed E-state index contributed by atoms with van der Waals surface area (Å²) >= 11 is 1.44. The summed E-state index contributed by atoms with van der Waals surface area (Å²) in [6, 6.07) is 7.00. The summed E-state index contributed by atoms with van der Waals surface area (Å²) in [5.74, 6) is -1.34. The smallest absolute Gasteiger partial charge is 0.350 e. The second-order valence-electron chi connectivity index (χ2n) is 6.38. The van der Waals surface area contributed by atoms with Crippen LogP contribution < -0.4 is 10.6 Å². The highest BCUT2D eigenvalue weighted by Crippen LogP contribution is 2.34. The maximum atomic E-state index is 13.0. The standard InChI is InChI=1S/C18H16F3N3O3S/c1-17(11-4-2-5-12(8-11)18(19,20)21)15(26)24(16(27)23-17)10-14(25)22-9-13-6-3-7-28-13/h2-8H,9-10H2,1H3,(H,22,25)(H,23,27)/t17-/m1/s1. The molecule has 3 rings (SSSR count). The third-order valence-electron chi connectivity index (χ3n) is 4.38. The van der Waals surface area contributed by atoms with Crippen molar-refractivity contribution in [3.63, 3.8) is 0 Å². The average Bonchev–Trinajstić information content (AvgIpc) is 3.23. The van der Waals surface area contributed by atoms with E-state index in [9.17, 15) is 27.6 Å². The van der Waals surface area contributed by atoms with Crippen molar-refractivity contribution in [1.29, 1.82) is 0 Å². The fraction of sp³-hybridized carbons (Fsp3) is 0.278. The van der Waals surface area contributed by atoms with Gasteiger partial charge in [-0.1, -0.05) is 18.2 Å². The molecule has 10 heteroatoms. The molecule has 2 aromatic rings. The molecule has 0 unspecified atom stereocenters. The van der Waals surface area contributed by atoms with Gasteiger partial charge in [-0.15, -0.1) is 11.3 Å². The number of nitrogens with zero attached hydrogens (tertiary/aromatic N) is 1. The molecular formula is C18H16F3N3O3S. The van der Waals surface area contributed by atoms with E-state index in [0.717, 1.165) is 17.0 Å². The summed E-state index contributed by atoms with van der Waals surface area (Å²) in [7, 11) is 0. The molecule has 1 aromatic carbocycles. The Morgan fingerprint density at radius 3 is 2.64 bits per heavy atom. The molecule has 1 aliphatic heterocycles. The van der Waals surface area contributed by atoms with E-state index in [2.05, 4.69) is 10.6 Å². The predicted molar refractivity (Wildman–Crippen MR) is 95.2 cm³/mol. The topological polar surface area (TPSA) is 78.5 Å². The molecule has 1 aliphatic rings. The highest BCUT2D eigenvalue weighted by Gasteiger charge is 2.50. The largest absolute Gasteiger partial charge is 0.416 e. The number of amides is 4. The molecule has 4 amide bonds. The Morgan fingerprint density at radius 1 is 1.25 bits per heavy atom. The number of hydrogen-bond acceptors (Lipinski definition) is 4. The van der Waals surface area contributed by atoms with Crippen LogP contribution in [-0.2, 0) is 27.8 Å². The molecule has 1 atom stereocenters. The Morgan fingerprint density at radius 2 is 2.00 bits per heavy atom. The van der Waals surface area contributed by atoms with Crippen molar-refractivity contribution in [2.75, 3.05) is 6.54 Å². The second kappa shape index (κ2) is 7.27. The monoisotopic (exact) mass is 411 g/mol. The van der Waals surface area contributed by atoms with Gasteiger partial charge in [0.1, 0.15) is 12.1 Å². The van der Waals surface area contributed by atoms with E-state index in [4.69, 9.17) is 0 Å². The SMILES string of the molecule is C[C@]1(c2cccc(C(F)(F)F)c2)NC(=O)N(CC(=O)NCc2cccs2)C1=O. The molecule has 28 heavy (non-hydrogen) atoms. The summed E-state index contributed by atoms with van der Waals surface area (Å²) in [6.07, 6.45) is -4.58. The third kappa shape index (κ3) is 3.86. The van der Waals surface area contributed by atoms with Crippen LogP contribution in [0.5, 0.6) is 0 Å². The number of imide groups is 1.